The fourth-order valence-electron chi connectivity index (χ4n) is 3.28. The molecule has 3 atom stereocenters. The number of thiazole rings is 1. The maximum atomic E-state index is 12.3. The Hall–Kier alpha value is -1.62. The molecule has 0 unspecified atom stereocenters. The Labute approximate surface area is 181 Å². The summed E-state index contributed by atoms with van der Waals surface area (Å²) in [6.07, 6.45) is 9.60. The Balaban J connectivity index is 1.83. The number of allylic oxidation sites excluding steroid dienone is 1. The Kier molecular flexibility index (Phi) is 9.41. The summed E-state index contributed by atoms with van der Waals surface area (Å²) in [5.41, 5.74) is -0.967. The highest BCUT2D eigenvalue weighted by Crippen LogP contribution is 2.35. The highest BCUT2D eigenvalue weighted by Gasteiger charge is 2.32. The number of nitrogens with zero attached hydrogens (tertiary/aromatic N) is 1. The molecule has 1 aromatic heterocycles. The van der Waals surface area contributed by atoms with Crippen molar-refractivity contribution < 1.29 is 19.8 Å². The van der Waals surface area contributed by atoms with Gasteiger partial charge in [0.25, 0.3) is 0 Å². The zero-order valence-corrected chi connectivity index (χ0v) is 18.7. The van der Waals surface area contributed by atoms with Crippen molar-refractivity contribution in [2.24, 2.45) is 11.8 Å². The molecule has 0 aliphatic heterocycles. The number of unbranched alkanes of at least 4 members (excludes halogenated alkanes) is 2. The molecule has 158 valence electrons. The average molecular weight is 436 g/mol. The number of aromatic carboxylic acids is 1. The standard InChI is InChI=1S/C22H29NO4S2/c1-3-4-5-6-12-22(2,27)13-7-8-16-9-10-19(24)17(16)11-14-28-21-23-18(15-29-21)20(25)26/h7-8,15-17,27H,3-5,9-11,13-14H2,1-2H3,(H,25,26)/b8-7+/t16-,17+,22-/m0/s1. The summed E-state index contributed by atoms with van der Waals surface area (Å²) >= 11 is 2.82. The predicted octanol–water partition coefficient (Wildman–Crippen LogP) is 4.81. The second-order valence-electron chi connectivity index (χ2n) is 7.53. The van der Waals surface area contributed by atoms with Crippen LogP contribution in [-0.2, 0) is 4.79 Å². The van der Waals surface area contributed by atoms with Crippen LogP contribution >= 0.6 is 23.1 Å². The first-order chi connectivity index (χ1) is 13.8. The largest absolute Gasteiger partial charge is 0.476 e. The Morgan fingerprint density at radius 1 is 1.52 bits per heavy atom. The van der Waals surface area contributed by atoms with E-state index in [-0.39, 0.29) is 23.3 Å². The van der Waals surface area contributed by atoms with E-state index in [0.29, 0.717) is 12.8 Å². The molecule has 1 aromatic rings. The third-order valence-corrected chi connectivity index (χ3v) is 6.98. The van der Waals surface area contributed by atoms with Gasteiger partial charge in [0.15, 0.2) is 10.0 Å². The fraction of sp³-hybridized carbons (Fsp3) is 0.591. The topological polar surface area (TPSA) is 87.5 Å². The van der Waals surface area contributed by atoms with Gasteiger partial charge in [-0.1, -0.05) is 43.2 Å². The lowest BCUT2D eigenvalue weighted by Gasteiger charge is -2.16. The Morgan fingerprint density at radius 2 is 2.31 bits per heavy atom. The molecule has 0 saturated heterocycles. The van der Waals surface area contributed by atoms with Gasteiger partial charge < -0.3 is 10.2 Å². The van der Waals surface area contributed by atoms with Gasteiger partial charge in [-0.3, -0.25) is 4.79 Å². The maximum absolute atomic E-state index is 12.3. The first-order valence-electron chi connectivity index (χ1n) is 10.1. The summed E-state index contributed by atoms with van der Waals surface area (Å²) in [7, 11) is 0. The number of thioether (sulfide) groups is 1. The van der Waals surface area contributed by atoms with Gasteiger partial charge in [0.05, 0.1) is 0 Å². The fourth-order valence-corrected chi connectivity index (χ4v) is 5.17. The summed E-state index contributed by atoms with van der Waals surface area (Å²) in [4.78, 5) is 27.2. The van der Waals surface area contributed by atoms with E-state index in [1.807, 2.05) is 6.08 Å². The summed E-state index contributed by atoms with van der Waals surface area (Å²) in [6.45, 7) is 3.84. The van der Waals surface area contributed by atoms with Gasteiger partial charge in [0, 0.05) is 36.3 Å². The summed E-state index contributed by atoms with van der Waals surface area (Å²) in [6, 6.07) is 0. The summed E-state index contributed by atoms with van der Waals surface area (Å²) < 4.78 is 0.720. The van der Waals surface area contributed by atoms with Crippen LogP contribution in [0.2, 0.25) is 0 Å². The minimum atomic E-state index is -1.04. The molecule has 0 amide bonds. The highest BCUT2D eigenvalue weighted by molar-refractivity contribution is 8.01. The van der Waals surface area contributed by atoms with Crippen LogP contribution in [0, 0.1) is 23.7 Å². The molecule has 0 spiro atoms. The number of hydrogen-bond donors (Lipinski definition) is 2. The first kappa shape index (κ1) is 23.7. The lowest BCUT2D eigenvalue weighted by Crippen LogP contribution is -2.20. The summed E-state index contributed by atoms with van der Waals surface area (Å²) in [5, 5.41) is 20.8. The number of carbonyl (C=O) groups is 2. The van der Waals surface area contributed by atoms with Gasteiger partial charge in [-0.15, -0.1) is 17.3 Å². The zero-order chi connectivity index (χ0) is 21.3. The third kappa shape index (κ3) is 7.96. The molecule has 1 saturated carbocycles. The molecular formula is C22H29NO4S2. The van der Waals surface area contributed by atoms with Crippen LogP contribution in [0.1, 0.15) is 69.3 Å². The number of carboxylic acids is 1. The minimum absolute atomic E-state index is 0.0155. The molecule has 0 aromatic carbocycles. The SMILES string of the molecule is CCCCC#C[C@](C)(O)C/C=C/[C@H]1CCC(=O)[C@@H]1CCSc1nc(C(=O)O)cs1. The second-order valence-corrected chi connectivity index (χ2v) is 9.73. The van der Waals surface area contributed by atoms with E-state index in [9.17, 15) is 14.7 Å². The molecule has 2 rings (SSSR count). The Bertz CT molecular complexity index is 788. The van der Waals surface area contributed by atoms with Gasteiger partial charge in [0.2, 0.25) is 0 Å². The number of aromatic nitrogens is 1. The third-order valence-electron chi connectivity index (χ3n) is 4.92. The van der Waals surface area contributed by atoms with Crippen molar-refractivity contribution >= 4 is 34.9 Å². The molecule has 1 aliphatic rings. The van der Waals surface area contributed by atoms with Crippen molar-refractivity contribution in [2.75, 3.05) is 5.75 Å². The van der Waals surface area contributed by atoms with Crippen molar-refractivity contribution in [3.05, 3.63) is 23.2 Å². The van der Waals surface area contributed by atoms with Crippen molar-refractivity contribution in [1.82, 2.24) is 4.98 Å². The van der Waals surface area contributed by atoms with Crippen LogP contribution in [-0.4, -0.2) is 38.3 Å². The van der Waals surface area contributed by atoms with Gasteiger partial charge in [-0.25, -0.2) is 9.78 Å². The van der Waals surface area contributed by atoms with Crippen LogP contribution in [0.4, 0.5) is 0 Å². The molecule has 5 nitrogen and oxygen atoms in total. The predicted molar refractivity (Wildman–Crippen MR) is 117 cm³/mol. The van der Waals surface area contributed by atoms with Gasteiger partial charge in [-0.2, -0.15) is 0 Å². The van der Waals surface area contributed by atoms with E-state index in [4.69, 9.17) is 5.11 Å². The number of carboxylic acid groups (broad SMARTS) is 1. The molecule has 0 radical (unpaired) electrons. The highest BCUT2D eigenvalue weighted by atomic mass is 32.2. The van der Waals surface area contributed by atoms with E-state index in [2.05, 4.69) is 29.8 Å². The zero-order valence-electron chi connectivity index (χ0n) is 17.0. The van der Waals surface area contributed by atoms with Crippen LogP contribution in [0.3, 0.4) is 0 Å². The van der Waals surface area contributed by atoms with E-state index in [1.54, 1.807) is 6.92 Å². The van der Waals surface area contributed by atoms with E-state index in [1.165, 1.54) is 28.5 Å². The number of rotatable bonds is 10. The minimum Gasteiger partial charge on any atom is -0.476 e. The van der Waals surface area contributed by atoms with Crippen molar-refractivity contribution in [3.63, 3.8) is 0 Å². The van der Waals surface area contributed by atoms with Crippen LogP contribution in [0.5, 0.6) is 0 Å². The smallest absolute Gasteiger partial charge is 0.355 e. The number of aliphatic hydroxyl groups is 1. The monoisotopic (exact) mass is 435 g/mol. The quantitative estimate of drug-likeness (QED) is 0.237. The maximum Gasteiger partial charge on any atom is 0.355 e. The molecule has 29 heavy (non-hydrogen) atoms. The van der Waals surface area contributed by atoms with Crippen molar-refractivity contribution in [1.29, 1.82) is 0 Å². The van der Waals surface area contributed by atoms with Crippen LogP contribution in [0.15, 0.2) is 21.9 Å². The number of ketones is 1. The molecule has 1 fully saturated rings. The lowest BCUT2D eigenvalue weighted by atomic mass is 9.91. The number of Topliss-reactive ketones (excluding diaryl/α,β-unsaturated/α-hetero) is 1. The van der Waals surface area contributed by atoms with Gasteiger partial charge in [0.1, 0.15) is 11.4 Å². The van der Waals surface area contributed by atoms with E-state index >= 15 is 0 Å². The van der Waals surface area contributed by atoms with Crippen LogP contribution < -0.4 is 0 Å². The van der Waals surface area contributed by atoms with E-state index < -0.39 is 11.6 Å². The molecule has 1 aliphatic carbocycles. The lowest BCUT2D eigenvalue weighted by molar-refractivity contribution is -0.121. The average Bonchev–Trinajstić information content (AvgIpc) is 3.27. The van der Waals surface area contributed by atoms with Gasteiger partial charge in [-0.05, 0) is 32.1 Å². The van der Waals surface area contributed by atoms with E-state index in [0.717, 1.165) is 42.2 Å². The molecule has 0 bridgehead atoms. The van der Waals surface area contributed by atoms with Crippen molar-refractivity contribution in [2.45, 2.75) is 68.7 Å². The van der Waals surface area contributed by atoms with Crippen molar-refractivity contribution in [3.8, 4) is 11.8 Å². The summed E-state index contributed by atoms with van der Waals surface area (Å²) in [5.74, 6) is 6.16. The first-order valence-corrected chi connectivity index (χ1v) is 11.9. The molecule has 2 N–H and O–H groups in total. The second kappa shape index (κ2) is 11.5. The number of hydrogen-bond acceptors (Lipinski definition) is 6. The van der Waals surface area contributed by atoms with Gasteiger partial charge >= 0.3 is 5.97 Å². The molecule has 1 heterocycles. The Morgan fingerprint density at radius 3 is 3.00 bits per heavy atom. The molecular weight excluding hydrogens is 406 g/mol. The normalized spacial score (nSPS) is 21.1. The van der Waals surface area contributed by atoms with Crippen LogP contribution in [0.25, 0.3) is 0 Å². The number of carbonyl (C=O) groups excluding carboxylic acids is 1. The molecule has 7 heteroatoms.